The summed E-state index contributed by atoms with van der Waals surface area (Å²) in [6, 6.07) is -1.30. The molecule has 0 atom stereocenters. The van der Waals surface area contributed by atoms with Gasteiger partial charge in [0.15, 0.2) is 0 Å². The van der Waals surface area contributed by atoms with E-state index in [9.17, 15) is 4.39 Å². The van der Waals surface area contributed by atoms with E-state index in [1.165, 1.54) is 0 Å². The van der Waals surface area contributed by atoms with E-state index in [-0.39, 0.29) is 0 Å². The normalized spacial score (nSPS) is 12.4. The molecule has 0 aliphatic rings. The Morgan fingerprint density at radius 2 is 1.12 bits per heavy atom. The lowest BCUT2D eigenvalue weighted by molar-refractivity contribution is 0.250. The molecule has 17 heavy (non-hydrogen) atoms. The minimum Gasteiger partial charge on any atom is -0.412 e. The lowest BCUT2D eigenvalue weighted by Crippen LogP contribution is -2.19. The second-order valence-electron chi connectivity index (χ2n) is 2.27. The average molecular weight is 366 g/mol. The lowest BCUT2D eigenvalue weighted by atomic mass is 10.9. The van der Waals surface area contributed by atoms with Gasteiger partial charge in [-0.15, -0.1) is 15.0 Å². The first kappa shape index (κ1) is 15.3. The molecule has 0 amide bonds. The van der Waals surface area contributed by atoms with Crippen molar-refractivity contribution in [3.05, 3.63) is 6.08 Å². The van der Waals surface area contributed by atoms with Gasteiger partial charge >= 0.3 is 26.1 Å². The zero-order valence-corrected chi connectivity index (χ0v) is 11.8. The Labute approximate surface area is 124 Å². The molecule has 1 rings (SSSR count). The second kappa shape index (κ2) is 5.50. The number of hydrogen-bond donors (Lipinski definition) is 0. The van der Waals surface area contributed by atoms with Gasteiger partial charge in [0.1, 0.15) is 0 Å². The summed E-state index contributed by atoms with van der Waals surface area (Å²) in [6.45, 7) is 0. The molecule has 0 aromatic carbocycles. The van der Waals surface area contributed by atoms with E-state index in [0.717, 1.165) is 0 Å². The van der Waals surface area contributed by atoms with Crippen LogP contribution in [0.5, 0.6) is 12.0 Å². The molecule has 0 unspecified atom stereocenters. The maximum Gasteiger partial charge on any atom is 0.341 e. The molecule has 0 saturated heterocycles. The Morgan fingerprint density at radius 1 is 0.765 bits per heavy atom. The fraction of sp³-hybridized carbons (Fsp3) is 0.400. The van der Waals surface area contributed by atoms with Crippen molar-refractivity contribution in [1.82, 2.24) is 15.0 Å². The minimum atomic E-state index is -2.19. The molecule has 0 radical (unpaired) electrons. The third-order valence-corrected chi connectivity index (χ3v) is 1.44. The zero-order valence-electron chi connectivity index (χ0n) is 7.30. The van der Waals surface area contributed by atoms with Crippen LogP contribution in [0.4, 0.5) is 4.39 Å². The van der Waals surface area contributed by atoms with Gasteiger partial charge in [0.2, 0.25) is 0 Å². The van der Waals surface area contributed by atoms with Crippen LogP contribution < -0.4 is 9.47 Å². The summed E-state index contributed by atoms with van der Waals surface area (Å²) in [7, 11) is 0. The zero-order chi connectivity index (χ0) is 13.3. The second-order valence-corrected chi connectivity index (χ2v) is 6.62. The maximum absolute atomic E-state index is 12.9. The highest BCUT2D eigenvalue weighted by molar-refractivity contribution is 6.66. The fourth-order valence-corrected chi connectivity index (χ4v) is 1.03. The molecule has 1 aromatic heterocycles. The van der Waals surface area contributed by atoms with Gasteiger partial charge in [-0.1, -0.05) is 0 Å². The van der Waals surface area contributed by atoms with Gasteiger partial charge in [-0.2, -0.15) is 4.39 Å². The molecular weight excluding hydrogens is 366 g/mol. The molecule has 1 heterocycles. The molecule has 0 aliphatic carbocycles. The van der Waals surface area contributed by atoms with Crippen LogP contribution >= 0.6 is 69.6 Å². The molecule has 0 aliphatic heterocycles. The summed E-state index contributed by atoms with van der Waals surface area (Å²) in [4.78, 5) is 9.54. The molecule has 12 heteroatoms. The Morgan fingerprint density at radius 3 is 1.41 bits per heavy atom. The first-order valence-corrected chi connectivity index (χ1v) is 5.75. The Kier molecular flexibility index (Phi) is 4.97. The smallest absolute Gasteiger partial charge is 0.341 e. The van der Waals surface area contributed by atoms with Crippen LogP contribution in [0.2, 0.25) is 0 Å². The molecule has 0 fully saturated rings. The number of ether oxygens (including phenoxy) is 2. The van der Waals surface area contributed by atoms with E-state index in [0.29, 0.717) is 0 Å². The van der Waals surface area contributed by atoms with Crippen LogP contribution in [-0.2, 0) is 0 Å². The van der Waals surface area contributed by atoms with Crippen LogP contribution in [0.25, 0.3) is 0 Å². The molecule has 96 valence electrons. The van der Waals surface area contributed by atoms with Crippen molar-refractivity contribution in [2.45, 2.75) is 7.96 Å². The van der Waals surface area contributed by atoms with Crippen LogP contribution in [-0.4, -0.2) is 22.9 Å². The predicted molar refractivity (Wildman–Crippen MR) is 61.6 cm³/mol. The molecule has 0 bridgehead atoms. The number of hydrogen-bond acceptors (Lipinski definition) is 5. The molecule has 0 saturated carbocycles. The van der Waals surface area contributed by atoms with Gasteiger partial charge in [0.25, 0.3) is 0 Å². The topological polar surface area (TPSA) is 57.1 Å². The van der Waals surface area contributed by atoms with Crippen molar-refractivity contribution in [2.75, 3.05) is 0 Å². The maximum atomic E-state index is 12.9. The van der Waals surface area contributed by atoms with Crippen molar-refractivity contribution >= 4 is 69.6 Å². The summed E-state index contributed by atoms with van der Waals surface area (Å²) in [5, 5.41) is 0. The van der Waals surface area contributed by atoms with Gasteiger partial charge in [-0.25, -0.2) is 0 Å². The summed E-state index contributed by atoms with van der Waals surface area (Å²) >= 11 is 31.6. The lowest BCUT2D eigenvalue weighted by Gasteiger charge is -2.14. The van der Waals surface area contributed by atoms with Crippen molar-refractivity contribution in [3.8, 4) is 12.0 Å². The molecule has 0 N–H and O–H groups in total. The van der Waals surface area contributed by atoms with Gasteiger partial charge in [0, 0.05) is 0 Å². The first-order chi connectivity index (χ1) is 7.55. The first-order valence-electron chi connectivity index (χ1n) is 3.48. The number of nitrogens with zero attached hydrogens (tertiary/aromatic N) is 3. The minimum absolute atomic E-state index is 0.651. The van der Waals surface area contributed by atoms with E-state index < -0.39 is 26.1 Å². The standard InChI is InChI=1S/C5Cl6FN3O2/c6-4(7,8)16-2-13-1(12)14-3(15-2)17-5(9,10)11. The highest BCUT2D eigenvalue weighted by atomic mass is 35.6. The van der Waals surface area contributed by atoms with E-state index in [2.05, 4.69) is 24.4 Å². The summed E-state index contributed by atoms with van der Waals surface area (Å²) < 4.78 is 17.6. The largest absolute Gasteiger partial charge is 0.412 e. The van der Waals surface area contributed by atoms with Crippen LogP contribution in [0.3, 0.4) is 0 Å². The summed E-state index contributed by atoms with van der Waals surface area (Å²) in [6.07, 6.45) is -1.27. The van der Waals surface area contributed by atoms with Crippen LogP contribution in [0.1, 0.15) is 0 Å². The third kappa shape index (κ3) is 6.69. The van der Waals surface area contributed by atoms with E-state index in [1.807, 2.05) is 0 Å². The average Bonchev–Trinajstić information content (AvgIpc) is 1.93. The highest BCUT2D eigenvalue weighted by Gasteiger charge is 2.27. The van der Waals surface area contributed by atoms with Crippen molar-refractivity contribution < 1.29 is 13.9 Å². The van der Waals surface area contributed by atoms with E-state index in [4.69, 9.17) is 69.6 Å². The number of rotatable bonds is 2. The highest BCUT2D eigenvalue weighted by Crippen LogP contribution is 2.31. The van der Waals surface area contributed by atoms with Crippen molar-refractivity contribution in [1.29, 1.82) is 0 Å². The Balaban J connectivity index is 2.95. The monoisotopic (exact) mass is 363 g/mol. The number of halogens is 7. The van der Waals surface area contributed by atoms with Crippen molar-refractivity contribution in [2.24, 2.45) is 0 Å². The quantitative estimate of drug-likeness (QED) is 0.751. The summed E-state index contributed by atoms with van der Waals surface area (Å²) in [5.74, 6) is 0. The van der Waals surface area contributed by atoms with E-state index >= 15 is 0 Å². The Hall–Kier alpha value is 0.280. The molecular formula is C5Cl6FN3O2. The van der Waals surface area contributed by atoms with E-state index in [1.54, 1.807) is 0 Å². The van der Waals surface area contributed by atoms with Gasteiger partial charge < -0.3 is 9.47 Å². The fourth-order valence-electron chi connectivity index (χ4n) is 0.613. The number of alkyl halides is 6. The molecule has 1 aromatic rings. The summed E-state index contributed by atoms with van der Waals surface area (Å²) in [5.41, 5.74) is 0. The van der Waals surface area contributed by atoms with Gasteiger partial charge in [0.05, 0.1) is 0 Å². The van der Waals surface area contributed by atoms with Gasteiger partial charge in [-0.05, 0) is 69.6 Å². The SMILES string of the molecule is Fc1nc(OC(Cl)(Cl)Cl)nc(OC(Cl)(Cl)Cl)n1. The number of aromatic nitrogens is 3. The molecule has 5 nitrogen and oxygen atoms in total. The van der Waals surface area contributed by atoms with Crippen LogP contribution in [0, 0.1) is 6.08 Å². The van der Waals surface area contributed by atoms with Crippen molar-refractivity contribution in [3.63, 3.8) is 0 Å². The molecule has 0 spiro atoms. The van der Waals surface area contributed by atoms with Crippen LogP contribution in [0.15, 0.2) is 0 Å². The predicted octanol–water partition coefficient (Wildman–Crippen LogP) is 3.42. The third-order valence-electron chi connectivity index (χ3n) is 0.981. The Bertz CT molecular complexity index is 373. The van der Waals surface area contributed by atoms with Gasteiger partial charge in [-0.3, -0.25) is 0 Å².